The van der Waals surface area contributed by atoms with E-state index in [2.05, 4.69) is 6.92 Å². The summed E-state index contributed by atoms with van der Waals surface area (Å²) in [6, 6.07) is 5.95. The van der Waals surface area contributed by atoms with Crippen molar-refractivity contribution in [2.75, 3.05) is 13.1 Å². The maximum absolute atomic E-state index is 12.3. The van der Waals surface area contributed by atoms with Gasteiger partial charge in [0.15, 0.2) is 0 Å². The summed E-state index contributed by atoms with van der Waals surface area (Å²) in [7, 11) is 0. The molecule has 0 aromatic heterocycles. The van der Waals surface area contributed by atoms with Gasteiger partial charge in [-0.15, -0.1) is 0 Å². The van der Waals surface area contributed by atoms with Crippen LogP contribution in [-0.4, -0.2) is 34.9 Å². The average molecular weight is 263 g/mol. The summed E-state index contributed by atoms with van der Waals surface area (Å²) in [6.45, 7) is 3.10. The Morgan fingerprint density at radius 3 is 2.79 bits per heavy atom. The molecule has 2 N–H and O–H groups in total. The number of piperidine rings is 1. The largest absolute Gasteiger partial charge is 0.337 e. The number of hydrogen-bond acceptors (Lipinski definition) is 4. The highest BCUT2D eigenvalue weighted by Crippen LogP contribution is 2.22. The molecule has 1 aromatic carbocycles. The average Bonchev–Trinajstić information content (AvgIpc) is 2.41. The lowest BCUT2D eigenvalue weighted by atomic mass is 9.94. The molecular formula is C13H17N3O3. The first-order chi connectivity index (χ1) is 9.00. The standard InChI is InChI=1S/C13H17N3O3/c1-9-6-7-15(8-11(9)14)13(17)10-4-2-3-5-12(10)16(18)19/h2-5,9,11H,6-8,14H2,1H3. The molecule has 0 spiro atoms. The fourth-order valence-corrected chi connectivity index (χ4v) is 2.27. The van der Waals surface area contributed by atoms with Crippen LogP contribution in [0.2, 0.25) is 0 Å². The molecule has 0 radical (unpaired) electrons. The van der Waals surface area contributed by atoms with E-state index in [1.807, 2.05) is 0 Å². The van der Waals surface area contributed by atoms with Gasteiger partial charge >= 0.3 is 0 Å². The fourth-order valence-electron chi connectivity index (χ4n) is 2.27. The molecule has 19 heavy (non-hydrogen) atoms. The molecule has 102 valence electrons. The van der Waals surface area contributed by atoms with Crippen LogP contribution in [0.4, 0.5) is 5.69 Å². The van der Waals surface area contributed by atoms with Crippen LogP contribution < -0.4 is 5.73 Å². The number of nitrogens with zero attached hydrogens (tertiary/aromatic N) is 2. The second kappa shape index (κ2) is 5.36. The summed E-state index contributed by atoms with van der Waals surface area (Å²) < 4.78 is 0. The molecule has 2 rings (SSSR count). The van der Waals surface area contributed by atoms with Crippen LogP contribution in [0.25, 0.3) is 0 Å². The number of nitro groups is 1. The number of hydrogen-bond donors (Lipinski definition) is 1. The topological polar surface area (TPSA) is 89.5 Å². The van der Waals surface area contributed by atoms with E-state index in [0.29, 0.717) is 19.0 Å². The van der Waals surface area contributed by atoms with E-state index in [9.17, 15) is 14.9 Å². The van der Waals surface area contributed by atoms with E-state index in [0.717, 1.165) is 6.42 Å². The maximum Gasteiger partial charge on any atom is 0.282 e. The maximum atomic E-state index is 12.3. The van der Waals surface area contributed by atoms with Crippen LogP contribution in [0.15, 0.2) is 24.3 Å². The fraction of sp³-hybridized carbons (Fsp3) is 0.462. The molecule has 0 saturated carbocycles. The van der Waals surface area contributed by atoms with E-state index >= 15 is 0 Å². The lowest BCUT2D eigenvalue weighted by molar-refractivity contribution is -0.385. The van der Waals surface area contributed by atoms with Crippen molar-refractivity contribution < 1.29 is 9.72 Å². The molecule has 6 nitrogen and oxygen atoms in total. The Labute approximate surface area is 111 Å². The Morgan fingerprint density at radius 2 is 2.16 bits per heavy atom. The molecule has 0 bridgehead atoms. The highest BCUT2D eigenvalue weighted by atomic mass is 16.6. The molecule has 1 saturated heterocycles. The Hall–Kier alpha value is -1.95. The van der Waals surface area contributed by atoms with Crippen LogP contribution in [-0.2, 0) is 0 Å². The smallest absolute Gasteiger partial charge is 0.282 e. The van der Waals surface area contributed by atoms with Gasteiger partial charge in [-0.05, 0) is 18.4 Å². The van der Waals surface area contributed by atoms with Gasteiger partial charge in [0.2, 0.25) is 0 Å². The molecule has 1 aliphatic rings. The zero-order valence-corrected chi connectivity index (χ0v) is 10.8. The van der Waals surface area contributed by atoms with Crippen LogP contribution in [0, 0.1) is 16.0 Å². The Bertz CT molecular complexity index is 504. The minimum atomic E-state index is -0.528. The number of rotatable bonds is 2. The lowest BCUT2D eigenvalue weighted by Crippen LogP contribution is -2.49. The molecule has 1 aliphatic heterocycles. The number of nitrogens with two attached hydrogens (primary N) is 1. The molecule has 1 fully saturated rings. The second-order valence-corrected chi connectivity index (χ2v) is 4.96. The first-order valence-electron chi connectivity index (χ1n) is 6.29. The highest BCUT2D eigenvalue weighted by molar-refractivity contribution is 5.98. The summed E-state index contributed by atoms with van der Waals surface area (Å²) in [5.41, 5.74) is 5.94. The number of likely N-dealkylation sites (tertiary alicyclic amines) is 1. The van der Waals surface area contributed by atoms with Gasteiger partial charge in [0, 0.05) is 25.2 Å². The van der Waals surface area contributed by atoms with Crippen LogP contribution >= 0.6 is 0 Å². The van der Waals surface area contributed by atoms with E-state index in [-0.39, 0.29) is 23.2 Å². The third-order valence-electron chi connectivity index (χ3n) is 3.63. The molecular weight excluding hydrogens is 246 g/mol. The van der Waals surface area contributed by atoms with E-state index in [1.165, 1.54) is 12.1 Å². The van der Waals surface area contributed by atoms with E-state index < -0.39 is 4.92 Å². The molecule has 2 unspecified atom stereocenters. The number of carbonyl (C=O) groups excluding carboxylic acids is 1. The molecule has 1 amide bonds. The van der Waals surface area contributed by atoms with Gasteiger partial charge in [0.1, 0.15) is 5.56 Å². The van der Waals surface area contributed by atoms with Crippen LogP contribution in [0.3, 0.4) is 0 Å². The third-order valence-corrected chi connectivity index (χ3v) is 3.63. The first kappa shape index (κ1) is 13.5. The zero-order valence-electron chi connectivity index (χ0n) is 10.8. The molecule has 2 atom stereocenters. The zero-order chi connectivity index (χ0) is 14.0. The first-order valence-corrected chi connectivity index (χ1v) is 6.29. The van der Waals surface area contributed by atoms with Gasteiger partial charge in [0.05, 0.1) is 4.92 Å². The summed E-state index contributed by atoms with van der Waals surface area (Å²) in [5, 5.41) is 10.9. The third kappa shape index (κ3) is 2.73. The summed E-state index contributed by atoms with van der Waals surface area (Å²) >= 11 is 0. The molecule has 1 aromatic rings. The van der Waals surface area contributed by atoms with Gasteiger partial charge in [0.25, 0.3) is 11.6 Å². The summed E-state index contributed by atoms with van der Waals surface area (Å²) in [4.78, 5) is 24.4. The van der Waals surface area contributed by atoms with Crippen molar-refractivity contribution in [3.63, 3.8) is 0 Å². The summed E-state index contributed by atoms with van der Waals surface area (Å²) in [5.74, 6) is 0.0597. The number of para-hydroxylation sites is 1. The molecule has 0 aliphatic carbocycles. The number of carbonyl (C=O) groups is 1. The van der Waals surface area contributed by atoms with Crippen molar-refractivity contribution in [3.05, 3.63) is 39.9 Å². The predicted molar refractivity (Wildman–Crippen MR) is 70.8 cm³/mol. The van der Waals surface area contributed by atoms with Crippen molar-refractivity contribution >= 4 is 11.6 Å². The van der Waals surface area contributed by atoms with Crippen LogP contribution in [0.1, 0.15) is 23.7 Å². The Balaban J connectivity index is 2.23. The van der Waals surface area contributed by atoms with Gasteiger partial charge in [-0.1, -0.05) is 19.1 Å². The molecule has 1 heterocycles. The summed E-state index contributed by atoms with van der Waals surface area (Å²) in [6.07, 6.45) is 0.827. The number of benzene rings is 1. The van der Waals surface area contributed by atoms with Gasteiger partial charge < -0.3 is 10.6 Å². The quantitative estimate of drug-likeness (QED) is 0.645. The van der Waals surface area contributed by atoms with Crippen molar-refractivity contribution in [2.24, 2.45) is 11.7 Å². The van der Waals surface area contributed by atoms with Crippen molar-refractivity contribution in [3.8, 4) is 0 Å². The van der Waals surface area contributed by atoms with Crippen LogP contribution in [0.5, 0.6) is 0 Å². The Kier molecular flexibility index (Phi) is 3.80. The van der Waals surface area contributed by atoms with Crippen molar-refractivity contribution in [1.29, 1.82) is 0 Å². The highest BCUT2D eigenvalue weighted by Gasteiger charge is 2.30. The van der Waals surface area contributed by atoms with Gasteiger partial charge in [-0.25, -0.2) is 0 Å². The minimum Gasteiger partial charge on any atom is -0.337 e. The van der Waals surface area contributed by atoms with E-state index in [1.54, 1.807) is 17.0 Å². The minimum absolute atomic E-state index is 0.0690. The van der Waals surface area contributed by atoms with Crippen molar-refractivity contribution in [2.45, 2.75) is 19.4 Å². The second-order valence-electron chi connectivity index (χ2n) is 4.96. The number of amides is 1. The SMILES string of the molecule is CC1CCN(C(=O)c2ccccc2[N+](=O)[O-])CC1N. The van der Waals surface area contributed by atoms with E-state index in [4.69, 9.17) is 5.73 Å². The molecule has 6 heteroatoms. The monoisotopic (exact) mass is 263 g/mol. The Morgan fingerprint density at radius 1 is 1.47 bits per heavy atom. The van der Waals surface area contributed by atoms with Crippen molar-refractivity contribution in [1.82, 2.24) is 4.90 Å². The van der Waals surface area contributed by atoms with Gasteiger partial charge in [-0.2, -0.15) is 0 Å². The normalized spacial score (nSPS) is 23.2. The number of nitro benzene ring substituents is 1. The lowest BCUT2D eigenvalue weighted by Gasteiger charge is -2.35. The van der Waals surface area contributed by atoms with Gasteiger partial charge in [-0.3, -0.25) is 14.9 Å². The predicted octanol–water partition coefficient (Wildman–Crippen LogP) is 1.40.